The summed E-state index contributed by atoms with van der Waals surface area (Å²) in [4.78, 5) is 11.5. The van der Waals surface area contributed by atoms with Gasteiger partial charge >= 0.3 is 0 Å². The molecule has 4 nitrogen and oxygen atoms in total. The third kappa shape index (κ3) is 2.73. The molecule has 3 N–H and O–H groups in total. The number of nitrogens with one attached hydrogen (secondary N) is 1. The predicted octanol–water partition coefficient (Wildman–Crippen LogP) is 1.76. The minimum atomic E-state index is -0.509. The van der Waals surface area contributed by atoms with Gasteiger partial charge in [0.2, 0.25) is 5.91 Å². The van der Waals surface area contributed by atoms with Crippen molar-refractivity contribution in [1.29, 1.82) is 0 Å². The van der Waals surface area contributed by atoms with Crippen LogP contribution in [0.3, 0.4) is 0 Å². The number of hydrogen-bond donors (Lipinski definition) is 2. The summed E-state index contributed by atoms with van der Waals surface area (Å²) in [5, 5.41) is 2.77. The number of nitrogens with zero attached hydrogens (tertiary/aromatic N) is 1. The molecule has 0 fully saturated rings. The molecule has 17 heavy (non-hydrogen) atoms. The fraction of sp³-hybridized carbons (Fsp3) is 0.154. The lowest BCUT2D eigenvalue weighted by molar-refractivity contribution is -0.117. The molecule has 0 aliphatic heterocycles. The topological polar surface area (TPSA) is 60.1 Å². The van der Waals surface area contributed by atoms with Crippen LogP contribution in [0.5, 0.6) is 0 Å². The van der Waals surface area contributed by atoms with Gasteiger partial charge in [-0.1, -0.05) is 6.07 Å². The molecule has 1 aromatic carbocycles. The quantitative estimate of drug-likeness (QED) is 0.842. The van der Waals surface area contributed by atoms with E-state index in [9.17, 15) is 4.79 Å². The number of anilines is 1. The Labute approximate surface area is 100 Å². The number of nitrogens with two attached hydrogens (primary N) is 1. The lowest BCUT2D eigenvalue weighted by Gasteiger charge is -2.09. The number of aromatic nitrogens is 1. The number of rotatable bonds is 3. The summed E-state index contributed by atoms with van der Waals surface area (Å²) in [6.07, 6.45) is 3.90. The minimum Gasteiger partial charge on any atom is -0.325 e. The molecule has 0 radical (unpaired) electrons. The zero-order chi connectivity index (χ0) is 12.3. The minimum absolute atomic E-state index is 0.186. The van der Waals surface area contributed by atoms with Crippen molar-refractivity contribution in [2.24, 2.45) is 5.73 Å². The van der Waals surface area contributed by atoms with Gasteiger partial charge in [-0.25, -0.2) is 0 Å². The first kappa shape index (κ1) is 11.4. The van der Waals surface area contributed by atoms with Crippen LogP contribution in [-0.4, -0.2) is 16.5 Å². The Bertz CT molecular complexity index is 503. The van der Waals surface area contributed by atoms with E-state index in [0.29, 0.717) is 0 Å². The monoisotopic (exact) mass is 229 g/mol. The van der Waals surface area contributed by atoms with Gasteiger partial charge in [-0.3, -0.25) is 4.79 Å². The molecule has 0 unspecified atom stereocenters. The molecule has 1 atom stereocenters. The summed E-state index contributed by atoms with van der Waals surface area (Å²) in [6.45, 7) is 1.66. The maximum absolute atomic E-state index is 11.5. The summed E-state index contributed by atoms with van der Waals surface area (Å²) in [7, 11) is 0. The van der Waals surface area contributed by atoms with Crippen molar-refractivity contribution in [1.82, 2.24) is 4.57 Å². The Morgan fingerprint density at radius 3 is 2.65 bits per heavy atom. The summed E-state index contributed by atoms with van der Waals surface area (Å²) < 4.78 is 1.97. The fourth-order valence-electron chi connectivity index (χ4n) is 1.51. The molecule has 2 aromatic rings. The van der Waals surface area contributed by atoms with Gasteiger partial charge in [-0.2, -0.15) is 0 Å². The summed E-state index contributed by atoms with van der Waals surface area (Å²) in [5.41, 5.74) is 7.25. The molecule has 4 heteroatoms. The van der Waals surface area contributed by atoms with Crippen LogP contribution in [0.4, 0.5) is 5.69 Å². The smallest absolute Gasteiger partial charge is 0.240 e. The first-order valence-electron chi connectivity index (χ1n) is 5.46. The van der Waals surface area contributed by atoms with Crippen LogP contribution in [0.25, 0.3) is 5.69 Å². The van der Waals surface area contributed by atoms with Gasteiger partial charge in [-0.15, -0.1) is 0 Å². The molecule has 1 heterocycles. The van der Waals surface area contributed by atoms with Crippen molar-refractivity contribution in [2.45, 2.75) is 13.0 Å². The molecule has 88 valence electrons. The lowest BCUT2D eigenvalue weighted by atomic mass is 10.2. The van der Waals surface area contributed by atoms with E-state index in [2.05, 4.69) is 5.32 Å². The summed E-state index contributed by atoms with van der Waals surface area (Å²) in [6, 6.07) is 11.0. The van der Waals surface area contributed by atoms with Crippen molar-refractivity contribution in [3.8, 4) is 5.69 Å². The lowest BCUT2D eigenvalue weighted by Crippen LogP contribution is -2.32. The van der Waals surface area contributed by atoms with Crippen molar-refractivity contribution in [2.75, 3.05) is 5.32 Å². The fourth-order valence-corrected chi connectivity index (χ4v) is 1.51. The highest BCUT2D eigenvalue weighted by molar-refractivity contribution is 5.94. The van der Waals surface area contributed by atoms with E-state index < -0.39 is 6.04 Å². The Balaban J connectivity index is 2.20. The van der Waals surface area contributed by atoms with Crippen LogP contribution >= 0.6 is 0 Å². The molecular formula is C13H15N3O. The van der Waals surface area contributed by atoms with Gasteiger partial charge in [-0.05, 0) is 37.3 Å². The molecule has 0 saturated carbocycles. The van der Waals surface area contributed by atoms with Crippen molar-refractivity contribution in [3.63, 3.8) is 0 Å². The van der Waals surface area contributed by atoms with Crippen LogP contribution in [0.1, 0.15) is 6.92 Å². The van der Waals surface area contributed by atoms with E-state index in [-0.39, 0.29) is 5.91 Å². The summed E-state index contributed by atoms with van der Waals surface area (Å²) >= 11 is 0. The Kier molecular flexibility index (Phi) is 3.25. The molecule has 2 rings (SSSR count). The van der Waals surface area contributed by atoms with E-state index in [1.54, 1.807) is 6.92 Å². The van der Waals surface area contributed by atoms with Crippen LogP contribution in [-0.2, 0) is 4.79 Å². The van der Waals surface area contributed by atoms with Crippen molar-refractivity contribution < 1.29 is 4.79 Å². The molecule has 0 bridgehead atoms. The highest BCUT2D eigenvalue weighted by Crippen LogP contribution is 2.14. The maximum Gasteiger partial charge on any atom is 0.240 e. The number of benzene rings is 1. The molecule has 0 saturated heterocycles. The third-order valence-corrected chi connectivity index (χ3v) is 2.43. The van der Waals surface area contributed by atoms with Crippen LogP contribution in [0.2, 0.25) is 0 Å². The normalized spacial score (nSPS) is 12.1. The predicted molar refractivity (Wildman–Crippen MR) is 68.0 cm³/mol. The van der Waals surface area contributed by atoms with Crippen LogP contribution in [0, 0.1) is 0 Å². The molecule has 0 aliphatic rings. The molecular weight excluding hydrogens is 214 g/mol. The second-order valence-corrected chi connectivity index (χ2v) is 3.92. The zero-order valence-electron chi connectivity index (χ0n) is 9.63. The average Bonchev–Trinajstić information content (AvgIpc) is 2.82. The standard InChI is InChI=1S/C13H15N3O/c1-10(14)13(17)15-11-5-4-6-12(9-11)16-7-2-3-8-16/h2-10H,14H2,1H3,(H,15,17)/t10-/m1/s1. The van der Waals surface area contributed by atoms with Gasteiger partial charge in [0, 0.05) is 23.8 Å². The second kappa shape index (κ2) is 4.84. The maximum atomic E-state index is 11.5. The molecule has 1 aromatic heterocycles. The molecule has 0 aliphatic carbocycles. The number of carbonyl (C=O) groups is 1. The zero-order valence-corrected chi connectivity index (χ0v) is 9.63. The number of amides is 1. The van der Waals surface area contributed by atoms with E-state index in [0.717, 1.165) is 11.4 Å². The number of carbonyl (C=O) groups excluding carboxylic acids is 1. The van der Waals surface area contributed by atoms with Crippen LogP contribution < -0.4 is 11.1 Å². The van der Waals surface area contributed by atoms with Gasteiger partial charge in [0.25, 0.3) is 0 Å². The third-order valence-electron chi connectivity index (χ3n) is 2.43. The first-order valence-corrected chi connectivity index (χ1v) is 5.46. The van der Waals surface area contributed by atoms with E-state index in [1.165, 1.54) is 0 Å². The summed E-state index contributed by atoms with van der Waals surface area (Å²) in [5.74, 6) is -0.186. The van der Waals surface area contributed by atoms with E-state index in [1.807, 2.05) is 53.4 Å². The Hall–Kier alpha value is -2.07. The van der Waals surface area contributed by atoms with Gasteiger partial charge in [0.05, 0.1) is 6.04 Å². The largest absolute Gasteiger partial charge is 0.325 e. The van der Waals surface area contributed by atoms with E-state index >= 15 is 0 Å². The van der Waals surface area contributed by atoms with Gasteiger partial charge in [0.15, 0.2) is 0 Å². The van der Waals surface area contributed by atoms with E-state index in [4.69, 9.17) is 5.73 Å². The highest BCUT2D eigenvalue weighted by atomic mass is 16.2. The van der Waals surface area contributed by atoms with Gasteiger partial charge in [0.1, 0.15) is 0 Å². The van der Waals surface area contributed by atoms with Crippen molar-refractivity contribution in [3.05, 3.63) is 48.8 Å². The Morgan fingerprint density at radius 1 is 1.29 bits per heavy atom. The Morgan fingerprint density at radius 2 is 2.00 bits per heavy atom. The second-order valence-electron chi connectivity index (χ2n) is 3.92. The first-order chi connectivity index (χ1) is 8.16. The van der Waals surface area contributed by atoms with Crippen molar-refractivity contribution >= 4 is 11.6 Å². The number of hydrogen-bond acceptors (Lipinski definition) is 2. The molecule has 0 spiro atoms. The highest BCUT2D eigenvalue weighted by Gasteiger charge is 2.07. The average molecular weight is 229 g/mol. The van der Waals surface area contributed by atoms with Gasteiger partial charge < -0.3 is 15.6 Å². The molecule has 1 amide bonds. The SMILES string of the molecule is C[C@@H](N)C(=O)Nc1cccc(-n2cccc2)c1. The van der Waals surface area contributed by atoms with Crippen LogP contribution in [0.15, 0.2) is 48.8 Å².